The van der Waals surface area contributed by atoms with Gasteiger partial charge >= 0.3 is 0 Å². The molecule has 3 rings (SSSR count). The maximum Gasteiger partial charge on any atom is 0.239 e. The molecular weight excluding hydrogens is 360 g/mol. The Hall–Kier alpha value is -1.59. The highest BCUT2D eigenvalue weighted by Gasteiger charge is 2.30. The molecule has 1 aliphatic heterocycles. The minimum atomic E-state index is -0.115. The Kier molecular flexibility index (Phi) is 4.64. The largest absolute Gasteiger partial charge is 0.304 e. The highest BCUT2D eigenvalue weighted by Crippen LogP contribution is 2.26. The molecule has 0 aromatic heterocycles. The first kappa shape index (κ1) is 15.3. The van der Waals surface area contributed by atoms with Gasteiger partial charge in [0.15, 0.2) is 5.17 Å². The van der Waals surface area contributed by atoms with Gasteiger partial charge in [0.1, 0.15) is 0 Å². The van der Waals surface area contributed by atoms with Crippen molar-refractivity contribution >= 4 is 44.5 Å². The van der Waals surface area contributed by atoms with Gasteiger partial charge in [0, 0.05) is 4.47 Å². The molecule has 0 saturated carbocycles. The van der Waals surface area contributed by atoms with E-state index in [1.54, 1.807) is 0 Å². The fourth-order valence-electron chi connectivity index (χ4n) is 2.28. The molecule has 0 spiro atoms. The first-order valence-corrected chi connectivity index (χ1v) is 8.65. The number of hydrogen-bond acceptors (Lipinski definition) is 3. The lowest BCUT2D eigenvalue weighted by Crippen LogP contribution is -2.25. The molecule has 1 N–H and O–H groups in total. The molecule has 112 valence electrons. The summed E-state index contributed by atoms with van der Waals surface area (Å²) in [7, 11) is 0. The van der Waals surface area contributed by atoms with Crippen molar-refractivity contribution in [2.75, 3.05) is 0 Å². The van der Waals surface area contributed by atoms with E-state index in [1.807, 2.05) is 30.3 Å². The third-order valence-electron chi connectivity index (χ3n) is 3.34. The highest BCUT2D eigenvalue weighted by molar-refractivity contribution is 9.10. The maximum absolute atomic E-state index is 12.1. The van der Waals surface area contributed by atoms with E-state index in [1.165, 1.54) is 22.9 Å². The summed E-state index contributed by atoms with van der Waals surface area (Å²) in [4.78, 5) is 16.6. The zero-order valence-electron chi connectivity index (χ0n) is 12.0. The summed E-state index contributed by atoms with van der Waals surface area (Å²) < 4.78 is 1.01. The molecule has 1 heterocycles. The Bertz CT molecular complexity index is 728. The predicted octanol–water partition coefficient (Wildman–Crippen LogP) is 4.22. The maximum atomic E-state index is 12.1. The molecule has 1 saturated heterocycles. The minimum Gasteiger partial charge on any atom is -0.304 e. The number of carbonyl (C=O) groups is 1. The van der Waals surface area contributed by atoms with E-state index in [9.17, 15) is 4.79 Å². The van der Waals surface area contributed by atoms with Gasteiger partial charge in [0.2, 0.25) is 5.91 Å². The molecule has 1 aliphatic rings. The van der Waals surface area contributed by atoms with E-state index >= 15 is 0 Å². The van der Waals surface area contributed by atoms with Gasteiger partial charge < -0.3 is 5.32 Å². The molecule has 0 radical (unpaired) electrons. The Morgan fingerprint density at radius 3 is 2.73 bits per heavy atom. The van der Waals surface area contributed by atoms with Crippen LogP contribution >= 0.6 is 27.7 Å². The van der Waals surface area contributed by atoms with Gasteiger partial charge in [-0.15, -0.1) is 0 Å². The molecular formula is C17H15BrN2OS. The van der Waals surface area contributed by atoms with Crippen molar-refractivity contribution < 1.29 is 4.79 Å². The van der Waals surface area contributed by atoms with E-state index in [0.717, 1.165) is 16.6 Å². The number of nitrogens with zero attached hydrogens (tertiary/aromatic N) is 1. The average Bonchev–Trinajstić information content (AvgIpc) is 2.81. The van der Waals surface area contributed by atoms with Gasteiger partial charge in [-0.1, -0.05) is 57.5 Å². The number of carbonyl (C=O) groups excluding carboxylic acids is 1. The summed E-state index contributed by atoms with van der Waals surface area (Å²) in [6.45, 7) is 2.06. The first-order chi connectivity index (χ1) is 10.6. The fraction of sp³-hybridized carbons (Fsp3) is 0.176. The van der Waals surface area contributed by atoms with Crippen molar-refractivity contribution in [3.05, 3.63) is 64.1 Å². The van der Waals surface area contributed by atoms with Crippen molar-refractivity contribution in [2.24, 2.45) is 4.99 Å². The van der Waals surface area contributed by atoms with Crippen LogP contribution in [0.4, 0.5) is 5.69 Å². The monoisotopic (exact) mass is 374 g/mol. The lowest BCUT2D eigenvalue weighted by Gasteiger charge is -2.06. The Labute approximate surface area is 142 Å². The number of nitrogens with one attached hydrogen (secondary N) is 1. The third kappa shape index (κ3) is 3.78. The predicted molar refractivity (Wildman–Crippen MR) is 95.6 cm³/mol. The first-order valence-electron chi connectivity index (χ1n) is 6.97. The molecule has 1 amide bonds. The van der Waals surface area contributed by atoms with Crippen LogP contribution in [0.25, 0.3) is 0 Å². The van der Waals surface area contributed by atoms with Gasteiger partial charge in [0.05, 0.1) is 10.9 Å². The molecule has 2 aromatic rings. The van der Waals surface area contributed by atoms with E-state index in [4.69, 9.17) is 0 Å². The lowest BCUT2D eigenvalue weighted by molar-refractivity contribution is -0.118. The van der Waals surface area contributed by atoms with Gasteiger partial charge in [-0.05, 0) is 43.2 Å². The van der Waals surface area contributed by atoms with Crippen LogP contribution in [0.3, 0.4) is 0 Å². The number of amides is 1. The van der Waals surface area contributed by atoms with Gasteiger partial charge in [0.25, 0.3) is 0 Å². The molecule has 2 aromatic carbocycles. The molecule has 0 aliphatic carbocycles. The number of amidine groups is 1. The van der Waals surface area contributed by atoms with Crippen molar-refractivity contribution in [3.63, 3.8) is 0 Å². The highest BCUT2D eigenvalue weighted by atomic mass is 79.9. The van der Waals surface area contributed by atoms with Gasteiger partial charge in [-0.3, -0.25) is 4.79 Å². The van der Waals surface area contributed by atoms with E-state index in [-0.39, 0.29) is 11.2 Å². The summed E-state index contributed by atoms with van der Waals surface area (Å²) in [6, 6.07) is 16.0. The quantitative estimate of drug-likeness (QED) is 0.873. The van der Waals surface area contributed by atoms with E-state index in [0.29, 0.717) is 5.17 Å². The van der Waals surface area contributed by atoms with Crippen molar-refractivity contribution in [1.82, 2.24) is 5.32 Å². The second-order valence-corrected chi connectivity index (χ2v) is 7.29. The molecule has 1 atom stereocenters. The molecule has 3 nitrogen and oxygen atoms in total. The normalized spacial score (nSPS) is 19.5. The minimum absolute atomic E-state index is 0.0300. The lowest BCUT2D eigenvalue weighted by atomic mass is 10.1. The Morgan fingerprint density at radius 2 is 2.00 bits per heavy atom. The van der Waals surface area contributed by atoms with Crippen LogP contribution in [0.1, 0.15) is 11.1 Å². The summed E-state index contributed by atoms with van der Waals surface area (Å²) in [5.41, 5.74) is 3.23. The molecule has 1 fully saturated rings. The van der Waals surface area contributed by atoms with Crippen LogP contribution in [0, 0.1) is 6.92 Å². The summed E-state index contributed by atoms with van der Waals surface area (Å²) >= 11 is 4.89. The van der Waals surface area contributed by atoms with Crippen molar-refractivity contribution in [2.45, 2.75) is 18.6 Å². The van der Waals surface area contributed by atoms with Crippen LogP contribution < -0.4 is 5.32 Å². The summed E-state index contributed by atoms with van der Waals surface area (Å²) in [6.07, 6.45) is 0.720. The third-order valence-corrected chi connectivity index (χ3v) is 4.95. The molecule has 22 heavy (non-hydrogen) atoms. The number of hydrogen-bond donors (Lipinski definition) is 1. The molecule has 0 bridgehead atoms. The van der Waals surface area contributed by atoms with Crippen molar-refractivity contribution in [3.8, 4) is 0 Å². The van der Waals surface area contributed by atoms with Crippen LogP contribution in [0.15, 0.2) is 58.0 Å². The average molecular weight is 375 g/mol. The second kappa shape index (κ2) is 6.67. The van der Waals surface area contributed by atoms with E-state index in [2.05, 4.69) is 51.4 Å². The van der Waals surface area contributed by atoms with Gasteiger partial charge in [-0.2, -0.15) is 0 Å². The number of aliphatic imine (C=N–C) groups is 1. The van der Waals surface area contributed by atoms with Crippen LogP contribution in [0.2, 0.25) is 0 Å². The van der Waals surface area contributed by atoms with Crippen LogP contribution in [-0.2, 0) is 11.2 Å². The van der Waals surface area contributed by atoms with Gasteiger partial charge in [-0.25, -0.2) is 4.99 Å². The molecule has 5 heteroatoms. The fourth-order valence-corrected chi connectivity index (χ4v) is 3.57. The number of benzene rings is 2. The number of halogens is 1. The molecule has 0 unspecified atom stereocenters. The SMILES string of the molecule is Cc1cccc(C[C@@H]2SC(=Nc3ccc(Br)cc3)NC2=O)c1. The number of aryl methyl sites for hydroxylation is 1. The van der Waals surface area contributed by atoms with Crippen LogP contribution in [-0.4, -0.2) is 16.3 Å². The summed E-state index contributed by atoms with van der Waals surface area (Å²) in [5.74, 6) is 0.0300. The zero-order chi connectivity index (χ0) is 15.5. The topological polar surface area (TPSA) is 41.5 Å². The van der Waals surface area contributed by atoms with Crippen LogP contribution in [0.5, 0.6) is 0 Å². The number of thioether (sulfide) groups is 1. The van der Waals surface area contributed by atoms with Crippen molar-refractivity contribution in [1.29, 1.82) is 0 Å². The second-order valence-electron chi connectivity index (χ2n) is 5.18. The Balaban J connectivity index is 1.71. The zero-order valence-corrected chi connectivity index (χ0v) is 14.4. The summed E-state index contributed by atoms with van der Waals surface area (Å²) in [5, 5.41) is 3.42. The van der Waals surface area contributed by atoms with E-state index < -0.39 is 0 Å². The smallest absolute Gasteiger partial charge is 0.239 e. The standard InChI is InChI=1S/C17H15BrN2OS/c1-11-3-2-4-12(9-11)10-15-16(21)20-17(22-15)19-14-7-5-13(18)6-8-14/h2-9,15H,10H2,1H3,(H,19,20,21)/t15-/m0/s1. The number of rotatable bonds is 3. The Morgan fingerprint density at radius 1 is 1.23 bits per heavy atom.